The monoisotopic (exact) mass is 1110 g/mol. The Kier molecular flexibility index (Phi) is 24.5. The maximum atomic E-state index is 14.2. The molecule has 19 nitrogen and oxygen atoms in total. The van der Waals surface area contributed by atoms with E-state index >= 15 is 0 Å². The van der Waals surface area contributed by atoms with Crippen molar-refractivity contribution in [1.82, 2.24) is 31.5 Å². The van der Waals surface area contributed by atoms with Gasteiger partial charge in [0.15, 0.2) is 18.7 Å². The molecule has 20 heteroatoms. The fourth-order valence-corrected chi connectivity index (χ4v) is 12.7. The van der Waals surface area contributed by atoms with Crippen molar-refractivity contribution in [2.24, 2.45) is 23.7 Å². The smallest absolute Gasteiger partial charge is 0.332 e. The lowest BCUT2D eigenvalue weighted by molar-refractivity contribution is -0.339. The average molecular weight is 1110 g/mol. The fraction of sp³-hybridized carbons (Fsp3) is 0.852. The highest BCUT2D eigenvalue weighted by atomic mass is 79.9. The van der Waals surface area contributed by atoms with Crippen LogP contribution in [-0.2, 0) is 46.2 Å². The van der Waals surface area contributed by atoms with Gasteiger partial charge in [-0.05, 0) is 139 Å². The van der Waals surface area contributed by atoms with E-state index in [9.17, 15) is 40.2 Å². The number of aryl methyl sites for hydroxylation is 1. The Morgan fingerprint density at radius 3 is 2.20 bits per heavy atom. The van der Waals surface area contributed by atoms with Gasteiger partial charge >= 0.3 is 5.97 Å². The summed E-state index contributed by atoms with van der Waals surface area (Å²) in [5, 5.41) is 82.9. The molecule has 6 aliphatic rings. The van der Waals surface area contributed by atoms with E-state index in [0.29, 0.717) is 38.8 Å². The predicted molar refractivity (Wildman–Crippen MR) is 281 cm³/mol. The summed E-state index contributed by atoms with van der Waals surface area (Å²) in [6.45, 7) is 13.0. The summed E-state index contributed by atoms with van der Waals surface area (Å²) in [4.78, 5) is 29.7. The number of rotatable bonds is 18. The number of hydrogen-bond acceptors (Lipinski definition) is 17. The molecule has 6 fully saturated rings. The molecule has 0 aromatic heterocycles. The van der Waals surface area contributed by atoms with E-state index < -0.39 is 92.2 Å². The number of halogens is 1. The summed E-state index contributed by atoms with van der Waals surface area (Å²) in [5.74, 6) is -1.77. The second-order valence-electron chi connectivity index (χ2n) is 22.1. The number of aliphatic hydroxyl groups excluding tert-OH is 5. The molecule has 2 saturated carbocycles. The lowest BCUT2D eigenvalue weighted by Crippen LogP contribution is -2.68. The molecule has 0 radical (unpaired) electrons. The number of hydrogen-bond donors (Lipinski definition) is 11. The maximum absolute atomic E-state index is 14.2. The van der Waals surface area contributed by atoms with E-state index in [1.165, 1.54) is 11.1 Å². The number of amides is 1. The Morgan fingerprint density at radius 2 is 1.50 bits per heavy atom. The molecular formula is C54H91BrN6O13. The van der Waals surface area contributed by atoms with Crippen LogP contribution in [0.2, 0.25) is 0 Å². The van der Waals surface area contributed by atoms with Gasteiger partial charge in [0.25, 0.3) is 0 Å². The van der Waals surface area contributed by atoms with Crippen molar-refractivity contribution < 1.29 is 63.9 Å². The van der Waals surface area contributed by atoms with Gasteiger partial charge in [0.1, 0.15) is 42.7 Å². The number of piperidine rings is 1. The quantitative estimate of drug-likeness (QED) is 0.101. The van der Waals surface area contributed by atoms with Crippen LogP contribution in [0.3, 0.4) is 0 Å². The molecule has 0 bridgehead atoms. The van der Waals surface area contributed by atoms with Gasteiger partial charge in [-0.2, -0.15) is 0 Å². The number of benzene rings is 1. The molecular weight excluding hydrogens is 1020 g/mol. The number of carboxylic acids is 1. The zero-order chi connectivity index (χ0) is 52.6. The van der Waals surface area contributed by atoms with Crippen LogP contribution in [0.1, 0.15) is 115 Å². The van der Waals surface area contributed by atoms with Crippen LogP contribution < -0.4 is 26.6 Å². The average Bonchev–Trinajstić information content (AvgIpc) is 3.40. The second kappa shape index (κ2) is 30.4. The Bertz CT molecular complexity index is 1820. The third-order valence-electron chi connectivity index (χ3n) is 16.7. The summed E-state index contributed by atoms with van der Waals surface area (Å²) < 4.78 is 33.7. The highest BCUT2D eigenvalue weighted by Crippen LogP contribution is 2.41. The van der Waals surface area contributed by atoms with Gasteiger partial charge in [0, 0.05) is 43.1 Å². The van der Waals surface area contributed by atoms with Gasteiger partial charge in [0.05, 0.1) is 24.9 Å². The molecule has 1 aromatic rings. The highest BCUT2D eigenvalue weighted by molar-refractivity contribution is 9.10. The van der Waals surface area contributed by atoms with Crippen molar-refractivity contribution in [3.63, 3.8) is 0 Å². The molecule has 4 aliphatic heterocycles. The summed E-state index contributed by atoms with van der Waals surface area (Å²) in [7, 11) is 0. The molecule has 11 N–H and O–H groups in total. The van der Waals surface area contributed by atoms with Crippen LogP contribution >= 0.6 is 15.9 Å². The van der Waals surface area contributed by atoms with Gasteiger partial charge in [-0.15, -0.1) is 0 Å². The number of carboxylic acid groups (broad SMARTS) is 1. The molecule has 14 unspecified atom stereocenters. The topological polar surface area (TPSA) is 265 Å². The standard InChI is InChI=1S/C54H91BrN6O13/c1-3-37-27-36(12-11-35-13-14-39(40(55)28-35)31-61-25-8-19-57-23-22-56-17-7-18-58-24-26-61)30-41(49(37)74-54-48(66)47(65)45(63)33(2)70-54)72-53-44(60-51(67)38-15-20-59-21-16-38)50(46(64)43(32-62)73-53)71-42(52(68)69)29-34-9-5-4-6-10-34/h13-14,28,33-34,36-38,41-50,53-54,56-59,62-66H,3-12,15-27,29-32H2,1-2H3,(H,60,67)(H,68,69)/t33?,36?,37?,41?,42-,43?,44?,45?,46?,47?,48?,49?,50?,53?,54?/m0/s1. The lowest BCUT2D eigenvalue weighted by Gasteiger charge is -2.49. The molecule has 74 heavy (non-hydrogen) atoms. The molecule has 1 amide bonds. The van der Waals surface area contributed by atoms with Crippen LogP contribution in [0, 0.1) is 23.7 Å². The number of nitrogens with zero attached hydrogens (tertiary/aromatic N) is 1. The molecule has 422 valence electrons. The van der Waals surface area contributed by atoms with E-state index in [0.717, 1.165) is 128 Å². The zero-order valence-electron chi connectivity index (χ0n) is 44.0. The predicted octanol–water partition coefficient (Wildman–Crippen LogP) is 2.15. The molecule has 1 aromatic carbocycles. The van der Waals surface area contributed by atoms with Gasteiger partial charge in [-0.25, -0.2) is 4.79 Å². The number of carbonyl (C=O) groups excluding carboxylic acids is 1. The van der Waals surface area contributed by atoms with Gasteiger partial charge in [-0.3, -0.25) is 9.69 Å². The summed E-state index contributed by atoms with van der Waals surface area (Å²) >= 11 is 3.93. The van der Waals surface area contributed by atoms with Crippen molar-refractivity contribution in [2.45, 2.75) is 196 Å². The van der Waals surface area contributed by atoms with Crippen LogP contribution in [0.4, 0.5) is 0 Å². The number of carbonyl (C=O) groups is 2. The third kappa shape index (κ3) is 17.0. The normalized spacial score (nSPS) is 35.6. The number of aliphatic hydroxyl groups is 5. The SMILES string of the molecule is CCC1CC(CCc2ccc(CN3CCCNCCNCCCNCC3)c(Br)c2)CC(OC2OC(CO)C(O)C(O[C@@H](CC3CCCCC3)C(=O)O)C2NC(=O)C2CCNCC2)C1OC1OC(C)C(O)C(O)C1O. The molecule has 2 aliphatic carbocycles. The van der Waals surface area contributed by atoms with Crippen molar-refractivity contribution >= 4 is 27.8 Å². The van der Waals surface area contributed by atoms with Crippen molar-refractivity contribution in [2.75, 3.05) is 72.1 Å². The third-order valence-corrected chi connectivity index (χ3v) is 17.4. The van der Waals surface area contributed by atoms with Crippen molar-refractivity contribution in [1.29, 1.82) is 0 Å². The minimum atomic E-state index is -1.57. The van der Waals surface area contributed by atoms with Crippen molar-refractivity contribution in [3.05, 3.63) is 33.8 Å². The Labute approximate surface area is 447 Å². The fourth-order valence-electron chi connectivity index (χ4n) is 12.2. The molecule has 4 heterocycles. The Balaban J connectivity index is 1.12. The molecule has 0 spiro atoms. The van der Waals surface area contributed by atoms with Crippen LogP contribution in [0.25, 0.3) is 0 Å². The largest absolute Gasteiger partial charge is 0.479 e. The first-order chi connectivity index (χ1) is 35.8. The van der Waals surface area contributed by atoms with Crippen molar-refractivity contribution in [3.8, 4) is 0 Å². The minimum absolute atomic E-state index is 0.101. The Hall–Kier alpha value is -1.96. The van der Waals surface area contributed by atoms with Gasteiger partial charge < -0.3 is 80.9 Å². The molecule has 7 rings (SSSR count). The lowest BCUT2D eigenvalue weighted by atomic mass is 9.74. The van der Waals surface area contributed by atoms with E-state index in [1.54, 1.807) is 6.92 Å². The Morgan fingerprint density at radius 1 is 0.784 bits per heavy atom. The van der Waals surface area contributed by atoms with Crippen LogP contribution in [-0.4, -0.2) is 199 Å². The van der Waals surface area contributed by atoms with Gasteiger partial charge in [0.2, 0.25) is 5.91 Å². The number of nitrogens with one attached hydrogen (secondary N) is 5. The van der Waals surface area contributed by atoms with E-state index in [2.05, 4.69) is 72.5 Å². The molecule has 15 atom stereocenters. The first-order valence-corrected chi connectivity index (χ1v) is 29.1. The summed E-state index contributed by atoms with van der Waals surface area (Å²) in [5.41, 5.74) is 2.41. The number of aliphatic carboxylic acids is 1. The van der Waals surface area contributed by atoms with Gasteiger partial charge in [-0.1, -0.05) is 73.5 Å². The first-order valence-electron chi connectivity index (χ1n) is 28.3. The van der Waals surface area contributed by atoms with Crippen LogP contribution in [0.15, 0.2) is 22.7 Å². The first kappa shape index (κ1) is 59.7. The summed E-state index contributed by atoms with van der Waals surface area (Å²) in [6, 6.07) is 5.46. The van der Waals surface area contributed by atoms with E-state index in [1.807, 2.05) is 0 Å². The zero-order valence-corrected chi connectivity index (χ0v) is 45.6. The van der Waals surface area contributed by atoms with Crippen LogP contribution in [0.5, 0.6) is 0 Å². The highest BCUT2D eigenvalue weighted by Gasteiger charge is 2.53. The molecule has 4 saturated heterocycles. The second-order valence-corrected chi connectivity index (χ2v) is 23.0. The minimum Gasteiger partial charge on any atom is -0.479 e. The number of ether oxygens (including phenoxy) is 5. The van der Waals surface area contributed by atoms with E-state index in [4.69, 9.17) is 23.7 Å². The van der Waals surface area contributed by atoms with E-state index in [-0.39, 0.29) is 36.0 Å². The maximum Gasteiger partial charge on any atom is 0.332 e. The summed E-state index contributed by atoms with van der Waals surface area (Å²) in [6.07, 6.45) is -3.10.